The number of carbonyl (C=O) groups excluding carboxylic acids is 2. The monoisotopic (exact) mass is 612 g/mol. The van der Waals surface area contributed by atoms with E-state index in [4.69, 9.17) is 9.97 Å². The Morgan fingerprint density at radius 3 is 1.55 bits per heavy atom. The van der Waals surface area contributed by atoms with Gasteiger partial charge in [0.2, 0.25) is 0 Å². The van der Waals surface area contributed by atoms with Crippen LogP contribution >= 0.6 is 0 Å². The average Bonchev–Trinajstić information content (AvgIpc) is 3.53. The number of carboxylic acid groups (broad SMARTS) is 2. The Morgan fingerprint density at radius 1 is 0.650 bits per heavy atom. The van der Waals surface area contributed by atoms with Gasteiger partial charge in [0.1, 0.15) is 0 Å². The Balaban J connectivity index is 0.00000220. The largest absolute Gasteiger partial charge is 3.00 e. The predicted molar refractivity (Wildman–Crippen MR) is 150 cm³/mol. The van der Waals surface area contributed by atoms with Crippen molar-refractivity contribution in [3.63, 3.8) is 0 Å². The van der Waals surface area contributed by atoms with Crippen LogP contribution in [0.2, 0.25) is 0 Å². The van der Waals surface area contributed by atoms with E-state index >= 15 is 0 Å². The SMILES string of the molecule is CC1=C(CCC(=O)[O-])c2cc3nc(cc4[nH]c(cc4C)cc4[nH]c(cc1n2)cc4C)C(C)=C3CCC(=O)[O-].[Cl-].[Ga+3]. The van der Waals surface area contributed by atoms with Crippen molar-refractivity contribution in [1.29, 1.82) is 0 Å². The smallest absolute Gasteiger partial charge is 1.00 e. The van der Waals surface area contributed by atoms with Gasteiger partial charge in [-0.2, -0.15) is 0 Å². The third kappa shape index (κ3) is 6.27. The second-order valence-electron chi connectivity index (χ2n) is 9.94. The van der Waals surface area contributed by atoms with Crippen molar-refractivity contribution in [3.05, 3.63) is 70.3 Å². The zero-order chi connectivity index (χ0) is 27.1. The van der Waals surface area contributed by atoms with Crippen LogP contribution in [0.15, 0.2) is 36.4 Å². The number of hydrogen-bond donors (Lipinski definition) is 2. The molecule has 0 aromatic carbocycles. The van der Waals surface area contributed by atoms with E-state index in [1.54, 1.807) is 0 Å². The molecule has 2 aliphatic heterocycles. The minimum Gasteiger partial charge on any atom is -1.00 e. The number of halogens is 1. The summed E-state index contributed by atoms with van der Waals surface area (Å²) in [6.07, 6.45) is 0.263. The molecule has 10 heteroatoms. The molecule has 3 aromatic heterocycles. The van der Waals surface area contributed by atoms with Crippen LogP contribution in [0, 0.1) is 13.8 Å². The molecule has 202 valence electrons. The molecule has 0 atom stereocenters. The molecular weight excluding hydrogens is 586 g/mol. The molecule has 2 N–H and O–H groups in total. The van der Waals surface area contributed by atoms with E-state index in [2.05, 4.69) is 28.2 Å². The van der Waals surface area contributed by atoms with Gasteiger partial charge >= 0.3 is 19.8 Å². The molecule has 0 saturated heterocycles. The van der Waals surface area contributed by atoms with Gasteiger partial charge in [0.15, 0.2) is 0 Å². The summed E-state index contributed by atoms with van der Waals surface area (Å²) in [6.45, 7) is 7.93. The number of aromatic nitrogens is 4. The van der Waals surface area contributed by atoms with Crippen molar-refractivity contribution in [2.24, 2.45) is 0 Å². The third-order valence-electron chi connectivity index (χ3n) is 7.23. The van der Waals surface area contributed by atoms with Gasteiger partial charge in [0.05, 0.1) is 22.8 Å². The van der Waals surface area contributed by atoms with Crippen LogP contribution in [0.1, 0.15) is 73.4 Å². The maximum atomic E-state index is 11.3. The first-order valence-corrected chi connectivity index (χ1v) is 12.6. The fourth-order valence-corrected chi connectivity index (χ4v) is 5.09. The van der Waals surface area contributed by atoms with Crippen molar-refractivity contribution >= 4 is 76.1 Å². The van der Waals surface area contributed by atoms with Gasteiger partial charge in [0, 0.05) is 34.0 Å². The van der Waals surface area contributed by atoms with E-state index in [9.17, 15) is 19.8 Å². The van der Waals surface area contributed by atoms with Gasteiger partial charge in [-0.1, -0.05) is 0 Å². The van der Waals surface area contributed by atoms with Crippen LogP contribution in [0.4, 0.5) is 0 Å². The maximum absolute atomic E-state index is 11.3. The topological polar surface area (TPSA) is 138 Å². The third-order valence-corrected chi connectivity index (χ3v) is 7.23. The number of rotatable bonds is 6. The molecule has 5 heterocycles. The summed E-state index contributed by atoms with van der Waals surface area (Å²) in [5, 5.41) is 22.6. The Bertz CT molecular complexity index is 1730. The molecule has 40 heavy (non-hydrogen) atoms. The number of carbonyl (C=O) groups is 2. The standard InChI is InChI=1S/C30H30N4O4.ClH.Ga/c1-15-9-20-12-25-17(3)21(5-7-29(35)36)27(33-25)14-28-22(6-8-30(37)38)18(4)26(34-28)13-24-16(2)10-19(32-24)11-23(15)31-20;;/h9-14,31-32H,5-8H2,1-4H3,(H,35,36)(H,37,38);1H;/q;;+3/p-3. The number of allylic oxidation sites excluding steroid dienone is 4. The van der Waals surface area contributed by atoms with Crippen LogP contribution in [0.5, 0.6) is 0 Å². The van der Waals surface area contributed by atoms with Crippen LogP contribution in [0.3, 0.4) is 0 Å². The van der Waals surface area contributed by atoms with Crippen molar-refractivity contribution < 1.29 is 32.2 Å². The van der Waals surface area contributed by atoms with Crippen LogP contribution in [0.25, 0.3) is 44.4 Å². The first kappa shape index (κ1) is 31.0. The van der Waals surface area contributed by atoms with Gasteiger partial charge < -0.3 is 42.2 Å². The Labute approximate surface area is 251 Å². The van der Waals surface area contributed by atoms with E-state index in [1.165, 1.54) is 0 Å². The van der Waals surface area contributed by atoms with Crippen molar-refractivity contribution in [2.45, 2.75) is 53.4 Å². The quantitative estimate of drug-likeness (QED) is 0.388. The molecule has 5 rings (SSSR count). The fourth-order valence-electron chi connectivity index (χ4n) is 5.09. The summed E-state index contributed by atoms with van der Waals surface area (Å²) in [6, 6.07) is 11.9. The molecular formula is C30H28ClGaN4O4. The van der Waals surface area contributed by atoms with Crippen molar-refractivity contribution in [3.8, 4) is 0 Å². The second kappa shape index (κ2) is 12.3. The number of nitrogens with zero attached hydrogens (tertiary/aromatic N) is 2. The van der Waals surface area contributed by atoms with Crippen LogP contribution < -0.4 is 22.6 Å². The number of fused-ring (bicyclic) bond motifs is 8. The summed E-state index contributed by atoms with van der Waals surface area (Å²) < 4.78 is 0. The maximum Gasteiger partial charge on any atom is 3.00 e. The molecule has 0 unspecified atom stereocenters. The van der Waals surface area contributed by atoms with E-state index in [1.807, 2.05) is 45.9 Å². The van der Waals surface area contributed by atoms with Crippen molar-refractivity contribution in [1.82, 2.24) is 19.9 Å². The average molecular weight is 614 g/mol. The first-order valence-electron chi connectivity index (χ1n) is 12.6. The molecule has 8 nitrogen and oxygen atoms in total. The summed E-state index contributed by atoms with van der Waals surface area (Å²) in [7, 11) is 0. The van der Waals surface area contributed by atoms with Crippen LogP contribution in [-0.2, 0) is 9.59 Å². The Kier molecular flexibility index (Phi) is 9.55. The van der Waals surface area contributed by atoms with Gasteiger partial charge in [-0.3, -0.25) is 0 Å². The van der Waals surface area contributed by atoms with Crippen LogP contribution in [-0.4, -0.2) is 51.7 Å². The number of aromatic amines is 2. The molecule has 0 aliphatic carbocycles. The summed E-state index contributed by atoms with van der Waals surface area (Å²) in [5.74, 6) is -2.26. The molecule has 0 fully saturated rings. The number of carboxylic acids is 2. The number of H-pyrrole nitrogens is 2. The van der Waals surface area contributed by atoms with Crippen molar-refractivity contribution in [2.75, 3.05) is 0 Å². The normalized spacial score (nSPS) is 12.7. The zero-order valence-corrected chi connectivity index (χ0v) is 26.0. The molecule has 0 saturated carbocycles. The number of nitrogens with one attached hydrogen (secondary N) is 2. The summed E-state index contributed by atoms with van der Waals surface area (Å²) in [4.78, 5) is 39.2. The van der Waals surface area contributed by atoms with E-state index in [0.29, 0.717) is 11.4 Å². The minimum absolute atomic E-state index is 0. The molecule has 2 aliphatic rings. The minimum atomic E-state index is -1.13. The first-order chi connectivity index (χ1) is 18.1. The van der Waals surface area contributed by atoms with E-state index in [0.717, 1.165) is 66.9 Å². The Morgan fingerprint density at radius 2 is 1.07 bits per heavy atom. The number of aryl methyl sites for hydroxylation is 2. The van der Waals surface area contributed by atoms with Gasteiger partial charge in [-0.15, -0.1) is 0 Å². The second-order valence-corrected chi connectivity index (χ2v) is 9.94. The van der Waals surface area contributed by atoms with E-state index < -0.39 is 11.9 Å². The van der Waals surface area contributed by atoms with Gasteiger partial charge in [-0.25, -0.2) is 9.97 Å². The van der Waals surface area contributed by atoms with Gasteiger partial charge in [0.25, 0.3) is 0 Å². The molecule has 0 radical (unpaired) electrons. The molecule has 3 aromatic rings. The number of hydrogen-bond acceptors (Lipinski definition) is 6. The zero-order valence-electron chi connectivity index (χ0n) is 22.8. The number of aliphatic carboxylic acids is 2. The molecule has 8 bridgehead atoms. The fraction of sp³-hybridized carbons (Fsp3) is 0.267. The summed E-state index contributed by atoms with van der Waals surface area (Å²) >= 11 is 0. The molecule has 0 amide bonds. The molecule has 0 spiro atoms. The van der Waals surface area contributed by atoms with Gasteiger partial charge in [-0.05, 0) is 123 Å². The van der Waals surface area contributed by atoms with E-state index in [-0.39, 0.29) is 57.9 Å². The predicted octanol–water partition coefficient (Wildman–Crippen LogP) is 0.476. The summed E-state index contributed by atoms with van der Waals surface area (Å²) in [5.41, 5.74) is 11.9. The Hall–Kier alpha value is -3.53.